The number of ether oxygens (including phenoxy) is 1. The van der Waals surface area contributed by atoms with Crippen LogP contribution in [0.4, 0.5) is 5.69 Å². The molecule has 2 atom stereocenters. The van der Waals surface area contributed by atoms with Crippen LogP contribution in [0.1, 0.15) is 24.9 Å². The molecule has 0 saturated carbocycles. The lowest BCUT2D eigenvalue weighted by atomic mass is 10.1. The summed E-state index contributed by atoms with van der Waals surface area (Å²) in [5.41, 5.74) is 1.66. The first-order valence-electron chi connectivity index (χ1n) is 9.92. The Balaban J connectivity index is 1.55. The fraction of sp³-hybridized carbons (Fsp3) is 0.348. The predicted octanol–water partition coefficient (Wildman–Crippen LogP) is 2.70. The van der Waals surface area contributed by atoms with Gasteiger partial charge in [-0.25, -0.2) is 0 Å². The van der Waals surface area contributed by atoms with Gasteiger partial charge in [-0.2, -0.15) is 0 Å². The Kier molecular flexibility index (Phi) is 6.72. The molecule has 0 bridgehead atoms. The summed E-state index contributed by atoms with van der Waals surface area (Å²) >= 11 is 0. The number of carbonyl (C=O) groups is 3. The minimum absolute atomic E-state index is 0.0409. The van der Waals surface area contributed by atoms with Crippen LogP contribution in [0.2, 0.25) is 0 Å². The Morgan fingerprint density at radius 1 is 1.17 bits per heavy atom. The third kappa shape index (κ3) is 4.97. The van der Waals surface area contributed by atoms with Crippen LogP contribution in [-0.2, 0) is 14.4 Å². The first-order chi connectivity index (χ1) is 14.4. The van der Waals surface area contributed by atoms with E-state index in [9.17, 15) is 14.4 Å². The van der Waals surface area contributed by atoms with Crippen LogP contribution in [0.3, 0.4) is 0 Å². The van der Waals surface area contributed by atoms with Gasteiger partial charge in [0.2, 0.25) is 17.7 Å². The molecule has 0 unspecified atom stereocenters. The van der Waals surface area contributed by atoms with E-state index in [1.54, 1.807) is 43.3 Å². The van der Waals surface area contributed by atoms with Crippen molar-refractivity contribution in [3.63, 3.8) is 0 Å². The third-order valence-corrected chi connectivity index (χ3v) is 5.39. The molecule has 0 radical (unpaired) electrons. The maximum Gasteiger partial charge on any atom is 0.243 e. The molecule has 0 aromatic heterocycles. The Hall–Kier alpha value is -3.35. The normalized spacial score (nSPS) is 16.8. The van der Waals surface area contributed by atoms with Crippen LogP contribution in [0.15, 0.2) is 54.6 Å². The first-order valence-corrected chi connectivity index (χ1v) is 9.92. The number of amides is 3. The van der Waals surface area contributed by atoms with Crippen molar-refractivity contribution >= 4 is 23.4 Å². The molecule has 1 N–H and O–H groups in total. The van der Waals surface area contributed by atoms with Crippen LogP contribution in [0.25, 0.3) is 0 Å². The van der Waals surface area contributed by atoms with E-state index >= 15 is 0 Å². The van der Waals surface area contributed by atoms with Gasteiger partial charge in [0, 0.05) is 25.7 Å². The van der Waals surface area contributed by atoms with E-state index in [1.807, 2.05) is 37.3 Å². The SMILES string of the molecule is COc1ccc(NC(=O)CN(C)C(=O)[C@H]2CC(=O)N([C@@H](C)c3ccccc3)C2)cc1. The molecule has 158 valence electrons. The van der Waals surface area contributed by atoms with Gasteiger partial charge in [0.15, 0.2) is 0 Å². The predicted molar refractivity (Wildman–Crippen MR) is 114 cm³/mol. The molecule has 1 aliphatic heterocycles. The number of nitrogens with zero attached hydrogens (tertiary/aromatic N) is 2. The number of benzene rings is 2. The van der Waals surface area contributed by atoms with E-state index in [0.29, 0.717) is 18.0 Å². The second-order valence-corrected chi connectivity index (χ2v) is 7.50. The lowest BCUT2D eigenvalue weighted by Crippen LogP contribution is -2.39. The lowest BCUT2D eigenvalue weighted by Gasteiger charge is -2.26. The fourth-order valence-electron chi connectivity index (χ4n) is 3.66. The monoisotopic (exact) mass is 409 g/mol. The standard InChI is InChI=1S/C23H27N3O4/c1-16(17-7-5-4-6-8-17)26-14-18(13-22(26)28)23(29)25(2)15-21(27)24-19-9-11-20(30-3)12-10-19/h4-12,16,18H,13-15H2,1-3H3,(H,24,27)/t16-,18-/m0/s1. The molecular weight excluding hydrogens is 382 g/mol. The van der Waals surface area contributed by atoms with E-state index < -0.39 is 5.92 Å². The second kappa shape index (κ2) is 9.43. The zero-order valence-electron chi connectivity index (χ0n) is 17.5. The molecule has 7 heteroatoms. The van der Waals surface area contributed by atoms with Gasteiger partial charge < -0.3 is 19.9 Å². The topological polar surface area (TPSA) is 79.0 Å². The lowest BCUT2D eigenvalue weighted by molar-refractivity contribution is -0.137. The quantitative estimate of drug-likeness (QED) is 0.763. The number of rotatable bonds is 7. The summed E-state index contributed by atoms with van der Waals surface area (Å²) in [6.07, 6.45) is 0.167. The molecule has 3 rings (SSSR count). The molecule has 0 aliphatic carbocycles. The van der Waals surface area contributed by atoms with Gasteiger partial charge in [0.1, 0.15) is 5.75 Å². The van der Waals surface area contributed by atoms with E-state index in [1.165, 1.54) is 4.90 Å². The summed E-state index contributed by atoms with van der Waals surface area (Å²) in [6, 6.07) is 16.6. The maximum atomic E-state index is 12.8. The third-order valence-electron chi connectivity index (χ3n) is 5.39. The van der Waals surface area contributed by atoms with Crippen molar-refractivity contribution in [2.45, 2.75) is 19.4 Å². The van der Waals surface area contributed by atoms with Crippen LogP contribution < -0.4 is 10.1 Å². The molecular formula is C23H27N3O4. The fourth-order valence-corrected chi connectivity index (χ4v) is 3.66. The highest BCUT2D eigenvalue weighted by Crippen LogP contribution is 2.29. The number of hydrogen-bond donors (Lipinski definition) is 1. The highest BCUT2D eigenvalue weighted by molar-refractivity contribution is 5.96. The minimum atomic E-state index is -0.442. The Labute approximate surface area is 176 Å². The van der Waals surface area contributed by atoms with E-state index in [4.69, 9.17) is 4.74 Å². The molecule has 2 aromatic carbocycles. The van der Waals surface area contributed by atoms with Crippen LogP contribution in [0.5, 0.6) is 5.75 Å². The summed E-state index contributed by atoms with van der Waals surface area (Å²) in [5, 5.41) is 2.76. The van der Waals surface area contributed by atoms with Gasteiger partial charge in [-0.1, -0.05) is 30.3 Å². The summed E-state index contributed by atoms with van der Waals surface area (Å²) in [7, 11) is 3.16. The number of anilines is 1. The molecule has 7 nitrogen and oxygen atoms in total. The largest absolute Gasteiger partial charge is 0.497 e. The average molecular weight is 409 g/mol. The smallest absolute Gasteiger partial charge is 0.243 e. The molecule has 0 spiro atoms. The number of methoxy groups -OCH3 is 1. The average Bonchev–Trinajstić information content (AvgIpc) is 3.15. The van der Waals surface area contributed by atoms with Gasteiger partial charge in [0.05, 0.1) is 25.6 Å². The number of hydrogen-bond acceptors (Lipinski definition) is 4. The summed E-state index contributed by atoms with van der Waals surface area (Å²) in [5.74, 6) is -0.283. The summed E-state index contributed by atoms with van der Waals surface area (Å²) in [6.45, 7) is 2.24. The van der Waals surface area contributed by atoms with Crippen LogP contribution in [-0.4, -0.2) is 54.8 Å². The summed E-state index contributed by atoms with van der Waals surface area (Å²) in [4.78, 5) is 40.8. The number of likely N-dealkylation sites (N-methyl/N-ethyl adjacent to an activating group) is 1. The van der Waals surface area contributed by atoms with Crippen molar-refractivity contribution in [1.29, 1.82) is 0 Å². The Morgan fingerprint density at radius 3 is 2.47 bits per heavy atom. The highest BCUT2D eigenvalue weighted by Gasteiger charge is 2.38. The van der Waals surface area contributed by atoms with Crippen molar-refractivity contribution < 1.29 is 19.1 Å². The van der Waals surface area contributed by atoms with Gasteiger partial charge in [-0.3, -0.25) is 14.4 Å². The maximum absolute atomic E-state index is 12.8. The van der Waals surface area contributed by atoms with Crippen LogP contribution >= 0.6 is 0 Å². The van der Waals surface area contributed by atoms with Crippen molar-refractivity contribution in [1.82, 2.24) is 9.80 Å². The van der Waals surface area contributed by atoms with Crippen molar-refractivity contribution in [2.24, 2.45) is 5.92 Å². The minimum Gasteiger partial charge on any atom is -0.497 e. The van der Waals surface area contributed by atoms with E-state index in [0.717, 1.165) is 5.56 Å². The molecule has 1 heterocycles. The van der Waals surface area contributed by atoms with Crippen molar-refractivity contribution in [2.75, 3.05) is 32.6 Å². The van der Waals surface area contributed by atoms with E-state index in [2.05, 4.69) is 5.32 Å². The van der Waals surface area contributed by atoms with Gasteiger partial charge >= 0.3 is 0 Å². The molecule has 3 amide bonds. The molecule has 2 aromatic rings. The van der Waals surface area contributed by atoms with Crippen molar-refractivity contribution in [3.8, 4) is 5.75 Å². The van der Waals surface area contributed by atoms with E-state index in [-0.39, 0.29) is 36.7 Å². The summed E-state index contributed by atoms with van der Waals surface area (Å²) < 4.78 is 5.09. The number of nitrogens with one attached hydrogen (secondary N) is 1. The Bertz CT molecular complexity index is 898. The van der Waals surface area contributed by atoms with Crippen LogP contribution in [0, 0.1) is 5.92 Å². The highest BCUT2D eigenvalue weighted by atomic mass is 16.5. The van der Waals surface area contributed by atoms with Gasteiger partial charge in [-0.15, -0.1) is 0 Å². The number of likely N-dealkylation sites (tertiary alicyclic amines) is 1. The number of carbonyl (C=O) groups excluding carboxylic acids is 3. The van der Waals surface area contributed by atoms with Gasteiger partial charge in [-0.05, 0) is 36.8 Å². The molecule has 30 heavy (non-hydrogen) atoms. The molecule has 1 aliphatic rings. The van der Waals surface area contributed by atoms with Crippen molar-refractivity contribution in [3.05, 3.63) is 60.2 Å². The molecule has 1 fully saturated rings. The second-order valence-electron chi connectivity index (χ2n) is 7.50. The van der Waals surface area contributed by atoms with Gasteiger partial charge in [0.25, 0.3) is 0 Å². The first kappa shape index (κ1) is 21.4. The zero-order valence-corrected chi connectivity index (χ0v) is 17.5. The Morgan fingerprint density at radius 2 is 1.83 bits per heavy atom. The zero-order chi connectivity index (χ0) is 21.7. The molecule has 1 saturated heterocycles.